The summed E-state index contributed by atoms with van der Waals surface area (Å²) in [7, 11) is -0.995. The molecule has 0 aromatic heterocycles. The van der Waals surface area contributed by atoms with E-state index < -0.39 is 22.0 Å². The van der Waals surface area contributed by atoms with Crippen molar-refractivity contribution < 1.29 is 32.2 Å². The van der Waals surface area contributed by atoms with Crippen molar-refractivity contribution in [2.24, 2.45) is 0 Å². The van der Waals surface area contributed by atoms with Gasteiger partial charge in [-0.3, -0.25) is 9.10 Å². The van der Waals surface area contributed by atoms with Crippen LogP contribution in [-0.4, -0.2) is 54.3 Å². The summed E-state index contributed by atoms with van der Waals surface area (Å²) in [5.41, 5.74) is 0.252. The summed E-state index contributed by atoms with van der Waals surface area (Å²) >= 11 is 6.14. The molecule has 0 spiro atoms. The Morgan fingerprint density at radius 1 is 1.06 bits per heavy atom. The molecule has 0 unspecified atom stereocenters. The number of carbonyl (C=O) groups is 1. The number of methoxy groups -OCH3 is 2. The number of nitrogens with one attached hydrogen (secondary N) is 1. The molecule has 190 valence electrons. The fourth-order valence-corrected chi connectivity index (χ4v) is 5.28. The standard InChI is InChI=1S/C25H25ClN2O7S/c1-32-18-8-10-19(11-9-18)36(30,31)28-16-24(35-21-12-7-17(26)15-20(21)28)25(29)27-13-14-34-23-6-4-3-5-22(23)33-2/h3-12,15,24H,13-14,16H2,1-2H3,(H,27,29)/t24-/m1/s1. The van der Waals surface area contributed by atoms with Gasteiger partial charge in [-0.1, -0.05) is 23.7 Å². The molecule has 1 aliphatic heterocycles. The SMILES string of the molecule is COc1ccc(S(=O)(=O)N2C[C@H](C(=O)NCCOc3ccccc3OC)Oc3ccc(Cl)cc32)cc1. The van der Waals surface area contributed by atoms with E-state index in [0.29, 0.717) is 22.3 Å². The third-order valence-electron chi connectivity index (χ3n) is 5.46. The van der Waals surface area contributed by atoms with Gasteiger partial charge in [-0.25, -0.2) is 8.42 Å². The van der Waals surface area contributed by atoms with Crippen molar-refractivity contribution in [1.29, 1.82) is 0 Å². The number of ether oxygens (including phenoxy) is 4. The van der Waals surface area contributed by atoms with Gasteiger partial charge in [0.25, 0.3) is 15.9 Å². The zero-order valence-electron chi connectivity index (χ0n) is 19.6. The minimum atomic E-state index is -4.03. The smallest absolute Gasteiger partial charge is 0.264 e. The highest BCUT2D eigenvalue weighted by molar-refractivity contribution is 7.92. The number of hydrogen-bond donors (Lipinski definition) is 1. The predicted octanol–water partition coefficient (Wildman–Crippen LogP) is 3.51. The molecule has 36 heavy (non-hydrogen) atoms. The third-order valence-corrected chi connectivity index (χ3v) is 7.49. The van der Waals surface area contributed by atoms with E-state index in [-0.39, 0.29) is 36.0 Å². The number of amides is 1. The quantitative estimate of drug-likeness (QED) is 0.421. The molecule has 0 saturated heterocycles. The van der Waals surface area contributed by atoms with Crippen molar-refractivity contribution in [2.75, 3.05) is 38.2 Å². The molecule has 3 aromatic rings. The van der Waals surface area contributed by atoms with Gasteiger partial charge in [0.15, 0.2) is 17.6 Å². The molecule has 1 aliphatic rings. The molecule has 11 heteroatoms. The van der Waals surface area contributed by atoms with Crippen LogP contribution in [0.5, 0.6) is 23.0 Å². The molecule has 1 N–H and O–H groups in total. The van der Waals surface area contributed by atoms with E-state index in [9.17, 15) is 13.2 Å². The average molecular weight is 533 g/mol. The van der Waals surface area contributed by atoms with Crippen LogP contribution < -0.4 is 28.6 Å². The van der Waals surface area contributed by atoms with E-state index in [0.717, 1.165) is 4.31 Å². The fourth-order valence-electron chi connectivity index (χ4n) is 3.65. The Kier molecular flexibility index (Phi) is 7.76. The molecule has 1 atom stereocenters. The zero-order chi connectivity index (χ0) is 25.7. The van der Waals surface area contributed by atoms with Gasteiger partial charge < -0.3 is 24.3 Å². The lowest BCUT2D eigenvalue weighted by Gasteiger charge is -2.34. The van der Waals surface area contributed by atoms with Crippen molar-refractivity contribution in [3.05, 3.63) is 71.8 Å². The highest BCUT2D eigenvalue weighted by Crippen LogP contribution is 2.39. The fraction of sp³-hybridized carbons (Fsp3) is 0.240. The zero-order valence-corrected chi connectivity index (χ0v) is 21.2. The monoisotopic (exact) mass is 532 g/mol. The topological polar surface area (TPSA) is 103 Å². The lowest BCUT2D eigenvalue weighted by Crippen LogP contribution is -2.51. The van der Waals surface area contributed by atoms with Gasteiger partial charge in [-0.05, 0) is 54.6 Å². The number of sulfonamides is 1. The van der Waals surface area contributed by atoms with Crippen LogP contribution in [0.2, 0.25) is 5.02 Å². The number of hydrogen-bond acceptors (Lipinski definition) is 7. The first kappa shape index (κ1) is 25.5. The van der Waals surface area contributed by atoms with Crippen LogP contribution >= 0.6 is 11.6 Å². The third kappa shape index (κ3) is 5.44. The van der Waals surface area contributed by atoms with E-state index in [1.165, 1.54) is 25.3 Å². The first-order valence-electron chi connectivity index (χ1n) is 11.0. The Balaban J connectivity index is 1.49. The van der Waals surface area contributed by atoms with Crippen molar-refractivity contribution in [3.63, 3.8) is 0 Å². The van der Waals surface area contributed by atoms with E-state index in [2.05, 4.69) is 5.32 Å². The number of rotatable bonds is 9. The van der Waals surface area contributed by atoms with Crippen LogP contribution in [0.3, 0.4) is 0 Å². The highest BCUT2D eigenvalue weighted by atomic mass is 35.5. The second-order valence-electron chi connectivity index (χ2n) is 7.72. The lowest BCUT2D eigenvalue weighted by molar-refractivity contribution is -0.127. The average Bonchev–Trinajstić information content (AvgIpc) is 2.90. The number of carbonyl (C=O) groups excluding carboxylic acids is 1. The van der Waals surface area contributed by atoms with Crippen molar-refractivity contribution in [2.45, 2.75) is 11.0 Å². The van der Waals surface area contributed by atoms with Crippen LogP contribution in [0, 0.1) is 0 Å². The maximum Gasteiger partial charge on any atom is 0.264 e. The van der Waals surface area contributed by atoms with Gasteiger partial charge in [0, 0.05) is 5.02 Å². The summed E-state index contributed by atoms with van der Waals surface area (Å²) < 4.78 is 50.1. The van der Waals surface area contributed by atoms with Crippen LogP contribution in [0.4, 0.5) is 5.69 Å². The molecule has 9 nitrogen and oxygen atoms in total. The molecule has 4 rings (SSSR count). The molecule has 0 fully saturated rings. The van der Waals surface area contributed by atoms with Gasteiger partial charge in [0.05, 0.1) is 37.9 Å². The number of para-hydroxylation sites is 2. The van der Waals surface area contributed by atoms with Crippen LogP contribution in [0.25, 0.3) is 0 Å². The molecular weight excluding hydrogens is 508 g/mol. The first-order valence-corrected chi connectivity index (χ1v) is 12.8. The maximum atomic E-state index is 13.5. The Morgan fingerprint density at radius 3 is 2.47 bits per heavy atom. The summed E-state index contributed by atoms with van der Waals surface area (Å²) in [5.74, 6) is 1.40. The number of benzene rings is 3. The molecule has 1 heterocycles. The number of halogens is 1. The predicted molar refractivity (Wildman–Crippen MR) is 135 cm³/mol. The van der Waals surface area contributed by atoms with Crippen LogP contribution in [0.15, 0.2) is 71.6 Å². The first-order chi connectivity index (χ1) is 17.3. The molecule has 0 bridgehead atoms. The Hall–Kier alpha value is -3.63. The molecule has 0 saturated carbocycles. The van der Waals surface area contributed by atoms with E-state index in [4.69, 9.17) is 30.5 Å². The number of fused-ring (bicyclic) bond motifs is 1. The van der Waals surface area contributed by atoms with Crippen molar-refractivity contribution in [1.82, 2.24) is 5.32 Å². The normalized spacial score (nSPS) is 14.9. The van der Waals surface area contributed by atoms with Crippen LogP contribution in [-0.2, 0) is 14.8 Å². The van der Waals surface area contributed by atoms with Gasteiger partial charge in [0.2, 0.25) is 0 Å². The molecule has 1 amide bonds. The lowest BCUT2D eigenvalue weighted by atomic mass is 10.2. The summed E-state index contributed by atoms with van der Waals surface area (Å²) in [6.07, 6.45) is -1.09. The summed E-state index contributed by atoms with van der Waals surface area (Å²) in [6.45, 7) is 0.120. The second-order valence-corrected chi connectivity index (χ2v) is 10.0. The van der Waals surface area contributed by atoms with Gasteiger partial charge in [-0.15, -0.1) is 0 Å². The van der Waals surface area contributed by atoms with E-state index in [1.54, 1.807) is 43.5 Å². The molecule has 3 aromatic carbocycles. The maximum absolute atomic E-state index is 13.5. The number of nitrogens with zero attached hydrogens (tertiary/aromatic N) is 1. The van der Waals surface area contributed by atoms with Gasteiger partial charge in [0.1, 0.15) is 18.1 Å². The van der Waals surface area contributed by atoms with Gasteiger partial charge in [-0.2, -0.15) is 0 Å². The molecule has 0 radical (unpaired) electrons. The minimum absolute atomic E-state index is 0.0421. The Bertz CT molecular complexity index is 1330. The summed E-state index contributed by atoms with van der Waals surface area (Å²) in [4.78, 5) is 13.0. The molecular formula is C25H25ClN2O7S. The summed E-state index contributed by atoms with van der Waals surface area (Å²) in [6, 6.07) is 17.8. The molecule has 0 aliphatic carbocycles. The Morgan fingerprint density at radius 2 is 1.78 bits per heavy atom. The number of anilines is 1. The Labute approximate surface area is 214 Å². The van der Waals surface area contributed by atoms with Gasteiger partial charge >= 0.3 is 0 Å². The second kappa shape index (κ2) is 11.0. The minimum Gasteiger partial charge on any atom is -0.497 e. The largest absolute Gasteiger partial charge is 0.497 e. The van der Waals surface area contributed by atoms with E-state index in [1.807, 2.05) is 12.1 Å². The van der Waals surface area contributed by atoms with Crippen molar-refractivity contribution in [3.8, 4) is 23.0 Å². The van der Waals surface area contributed by atoms with Crippen molar-refractivity contribution >= 4 is 33.2 Å². The van der Waals surface area contributed by atoms with Crippen LogP contribution in [0.1, 0.15) is 0 Å². The van der Waals surface area contributed by atoms with E-state index >= 15 is 0 Å². The highest BCUT2D eigenvalue weighted by Gasteiger charge is 2.37. The summed E-state index contributed by atoms with van der Waals surface area (Å²) in [5, 5.41) is 3.07.